The van der Waals surface area contributed by atoms with Crippen LogP contribution in [0.2, 0.25) is 10.0 Å². The smallest absolute Gasteiger partial charge is 0.170 e. The minimum absolute atomic E-state index is 0.581. The highest BCUT2D eigenvalue weighted by molar-refractivity contribution is 7.98. The molecule has 2 N–H and O–H groups in total. The van der Waals surface area contributed by atoms with E-state index in [1.807, 2.05) is 43.3 Å². The van der Waals surface area contributed by atoms with E-state index in [1.54, 1.807) is 17.8 Å². The molecule has 0 bridgehead atoms. The van der Waals surface area contributed by atoms with Crippen LogP contribution in [0, 0.1) is 0 Å². The molecule has 0 amide bonds. The summed E-state index contributed by atoms with van der Waals surface area (Å²) >= 11 is 19.2. The molecule has 134 valence electrons. The molecule has 0 heterocycles. The Morgan fingerprint density at radius 3 is 2.76 bits per heavy atom. The summed E-state index contributed by atoms with van der Waals surface area (Å²) in [6, 6.07) is 13.3. The number of halogens is 2. The molecule has 0 atom stereocenters. The van der Waals surface area contributed by atoms with Crippen molar-refractivity contribution in [1.82, 2.24) is 5.32 Å². The molecule has 0 aliphatic heterocycles. The minimum atomic E-state index is 0.581. The predicted molar refractivity (Wildman–Crippen MR) is 114 cm³/mol. The number of ether oxygens (including phenoxy) is 1. The Balaban J connectivity index is 1.70. The quantitative estimate of drug-likeness (QED) is 0.433. The van der Waals surface area contributed by atoms with Crippen LogP contribution in [0.3, 0.4) is 0 Å². The SMILES string of the molecule is CCOc1ccccc1NC(=S)NCCSCc1ccc(Cl)cc1Cl. The Labute approximate surface area is 168 Å². The van der Waals surface area contributed by atoms with Crippen LogP contribution in [-0.4, -0.2) is 24.0 Å². The second-order valence-corrected chi connectivity index (χ2v) is 7.46. The lowest BCUT2D eigenvalue weighted by Crippen LogP contribution is -2.30. The number of nitrogens with one attached hydrogen (secondary N) is 2. The van der Waals surface area contributed by atoms with Crippen molar-refractivity contribution in [2.45, 2.75) is 12.7 Å². The van der Waals surface area contributed by atoms with E-state index in [2.05, 4.69) is 10.6 Å². The third-order valence-corrected chi connectivity index (χ3v) is 5.08. The Morgan fingerprint density at radius 2 is 2.00 bits per heavy atom. The predicted octanol–water partition coefficient (Wildman–Crippen LogP) is 5.61. The molecule has 0 aliphatic carbocycles. The zero-order valence-electron chi connectivity index (χ0n) is 13.9. The van der Waals surface area contributed by atoms with Gasteiger partial charge in [-0.25, -0.2) is 0 Å². The molecule has 2 rings (SSSR count). The fourth-order valence-electron chi connectivity index (χ4n) is 2.08. The Hall–Kier alpha value is -1.14. The van der Waals surface area contributed by atoms with Gasteiger partial charge >= 0.3 is 0 Å². The van der Waals surface area contributed by atoms with Gasteiger partial charge in [0.25, 0.3) is 0 Å². The molecule has 0 saturated carbocycles. The van der Waals surface area contributed by atoms with Gasteiger partial charge in [-0.05, 0) is 49.0 Å². The standard InChI is InChI=1S/C18H20Cl2N2OS2/c1-2-23-17-6-4-3-5-16(17)22-18(24)21-9-10-25-12-13-7-8-14(19)11-15(13)20/h3-8,11H,2,9-10,12H2,1H3,(H2,21,22,24). The number of thioether (sulfide) groups is 1. The van der Waals surface area contributed by atoms with Gasteiger partial charge in [0, 0.05) is 28.1 Å². The summed E-state index contributed by atoms with van der Waals surface area (Å²) in [4.78, 5) is 0. The first-order valence-corrected chi connectivity index (χ1v) is 10.2. The van der Waals surface area contributed by atoms with Crippen LogP contribution in [0.4, 0.5) is 5.69 Å². The number of hydrogen-bond donors (Lipinski definition) is 2. The maximum Gasteiger partial charge on any atom is 0.170 e. The topological polar surface area (TPSA) is 33.3 Å². The molecule has 0 saturated heterocycles. The van der Waals surface area contributed by atoms with Gasteiger partial charge in [0.05, 0.1) is 12.3 Å². The fourth-order valence-corrected chi connectivity index (χ4v) is 3.70. The number of rotatable bonds is 8. The number of benzene rings is 2. The summed E-state index contributed by atoms with van der Waals surface area (Å²) in [7, 11) is 0. The van der Waals surface area contributed by atoms with Gasteiger partial charge in [0.15, 0.2) is 5.11 Å². The lowest BCUT2D eigenvalue weighted by molar-refractivity contribution is 0.342. The maximum absolute atomic E-state index is 6.17. The van der Waals surface area contributed by atoms with Crippen molar-refractivity contribution in [2.24, 2.45) is 0 Å². The minimum Gasteiger partial charge on any atom is -0.492 e. The molecular weight excluding hydrogens is 395 g/mol. The van der Waals surface area contributed by atoms with E-state index in [0.29, 0.717) is 21.8 Å². The first kappa shape index (κ1) is 20.2. The normalized spacial score (nSPS) is 10.4. The molecule has 0 aromatic heterocycles. The summed E-state index contributed by atoms with van der Waals surface area (Å²) in [5, 5.41) is 8.31. The first-order valence-electron chi connectivity index (χ1n) is 7.88. The molecule has 0 spiro atoms. The molecule has 2 aromatic carbocycles. The van der Waals surface area contributed by atoms with E-state index >= 15 is 0 Å². The monoisotopic (exact) mass is 414 g/mol. The van der Waals surface area contributed by atoms with Gasteiger partial charge < -0.3 is 15.4 Å². The van der Waals surface area contributed by atoms with Crippen molar-refractivity contribution in [3.63, 3.8) is 0 Å². The van der Waals surface area contributed by atoms with Gasteiger partial charge in [-0.2, -0.15) is 11.8 Å². The van der Waals surface area contributed by atoms with Crippen LogP contribution in [0.5, 0.6) is 5.75 Å². The largest absolute Gasteiger partial charge is 0.492 e. The number of anilines is 1. The van der Waals surface area contributed by atoms with E-state index in [4.69, 9.17) is 40.2 Å². The van der Waals surface area contributed by atoms with E-state index < -0.39 is 0 Å². The second kappa shape index (κ2) is 10.8. The molecule has 25 heavy (non-hydrogen) atoms. The van der Waals surface area contributed by atoms with Gasteiger partial charge in [0.1, 0.15) is 5.75 Å². The summed E-state index contributed by atoms with van der Waals surface area (Å²) in [6.07, 6.45) is 0. The third-order valence-electron chi connectivity index (χ3n) is 3.24. The number of hydrogen-bond acceptors (Lipinski definition) is 3. The molecule has 2 aromatic rings. The Bertz CT molecular complexity index is 713. The molecule has 0 radical (unpaired) electrons. The molecule has 0 unspecified atom stereocenters. The highest BCUT2D eigenvalue weighted by Gasteiger charge is 2.05. The van der Waals surface area contributed by atoms with Gasteiger partial charge in [-0.15, -0.1) is 0 Å². The van der Waals surface area contributed by atoms with Crippen molar-refractivity contribution in [2.75, 3.05) is 24.2 Å². The van der Waals surface area contributed by atoms with Gasteiger partial charge in [-0.3, -0.25) is 0 Å². The second-order valence-electron chi connectivity index (χ2n) is 5.10. The van der Waals surface area contributed by atoms with Crippen LogP contribution in [0.15, 0.2) is 42.5 Å². The average molecular weight is 415 g/mol. The van der Waals surface area contributed by atoms with E-state index in [9.17, 15) is 0 Å². The summed E-state index contributed by atoms with van der Waals surface area (Å²) in [6.45, 7) is 3.33. The fraction of sp³-hybridized carbons (Fsp3) is 0.278. The highest BCUT2D eigenvalue weighted by Crippen LogP contribution is 2.25. The van der Waals surface area contributed by atoms with E-state index in [0.717, 1.165) is 35.1 Å². The van der Waals surface area contributed by atoms with Crippen molar-refractivity contribution in [3.05, 3.63) is 58.1 Å². The summed E-state index contributed by atoms with van der Waals surface area (Å²) in [5.41, 5.74) is 1.95. The van der Waals surface area contributed by atoms with Crippen molar-refractivity contribution in [1.29, 1.82) is 0 Å². The van der Waals surface area contributed by atoms with Crippen LogP contribution in [0.1, 0.15) is 12.5 Å². The Morgan fingerprint density at radius 1 is 1.20 bits per heavy atom. The van der Waals surface area contributed by atoms with Crippen LogP contribution < -0.4 is 15.4 Å². The molecule has 3 nitrogen and oxygen atoms in total. The molecule has 0 aliphatic rings. The third kappa shape index (κ3) is 6.94. The number of thiocarbonyl (C=S) groups is 1. The zero-order valence-corrected chi connectivity index (χ0v) is 17.0. The van der Waals surface area contributed by atoms with E-state index in [-0.39, 0.29) is 0 Å². The van der Waals surface area contributed by atoms with E-state index in [1.165, 1.54) is 0 Å². The Kier molecular flexibility index (Phi) is 8.68. The molecular formula is C18H20Cl2N2OS2. The van der Waals surface area contributed by atoms with Crippen molar-refractivity contribution < 1.29 is 4.74 Å². The van der Waals surface area contributed by atoms with Gasteiger partial charge in [-0.1, -0.05) is 41.4 Å². The molecule has 7 heteroatoms. The first-order chi connectivity index (χ1) is 12.1. The lowest BCUT2D eigenvalue weighted by Gasteiger charge is -2.14. The maximum atomic E-state index is 6.17. The average Bonchev–Trinajstić information content (AvgIpc) is 2.58. The van der Waals surface area contributed by atoms with Gasteiger partial charge in [0.2, 0.25) is 0 Å². The van der Waals surface area contributed by atoms with Crippen molar-refractivity contribution >= 4 is 58.0 Å². The zero-order chi connectivity index (χ0) is 18.1. The van der Waals surface area contributed by atoms with Crippen LogP contribution in [0.25, 0.3) is 0 Å². The summed E-state index contributed by atoms with van der Waals surface area (Å²) in [5.74, 6) is 2.54. The highest BCUT2D eigenvalue weighted by atomic mass is 35.5. The lowest BCUT2D eigenvalue weighted by atomic mass is 10.2. The molecule has 0 fully saturated rings. The van der Waals surface area contributed by atoms with Crippen molar-refractivity contribution in [3.8, 4) is 5.75 Å². The van der Waals surface area contributed by atoms with Crippen LogP contribution >= 0.6 is 47.2 Å². The number of para-hydroxylation sites is 2. The summed E-state index contributed by atoms with van der Waals surface area (Å²) < 4.78 is 5.57. The van der Waals surface area contributed by atoms with Crippen LogP contribution in [-0.2, 0) is 5.75 Å².